The van der Waals surface area contributed by atoms with Gasteiger partial charge < -0.3 is 19.7 Å². The molecule has 1 aromatic carbocycles. The second-order valence-electron chi connectivity index (χ2n) is 5.29. The number of rotatable bonds is 6. The van der Waals surface area contributed by atoms with Crippen molar-refractivity contribution in [2.45, 2.75) is 19.4 Å². The van der Waals surface area contributed by atoms with Crippen LogP contribution in [0, 0.1) is 0 Å². The van der Waals surface area contributed by atoms with Gasteiger partial charge in [-0.15, -0.1) is 0 Å². The number of fused-ring (bicyclic) bond motifs is 1. The number of hydrogen-bond acceptors (Lipinski definition) is 4. The zero-order valence-electron chi connectivity index (χ0n) is 12.2. The highest BCUT2D eigenvalue weighted by atomic mass is 35.5. The minimum Gasteiger partial charge on any atom is -0.489 e. The SMILES string of the molecule is CN(C)CCCNCc1cc(Cl)c2c(c1)OCCCO2. The molecule has 1 heterocycles. The molecule has 1 aromatic rings. The molecule has 0 unspecified atom stereocenters. The predicted molar refractivity (Wildman–Crippen MR) is 81.9 cm³/mol. The minimum atomic E-state index is 0.634. The number of ether oxygens (including phenoxy) is 2. The first-order valence-corrected chi connectivity index (χ1v) is 7.48. The monoisotopic (exact) mass is 298 g/mol. The Morgan fingerprint density at radius 1 is 1.25 bits per heavy atom. The lowest BCUT2D eigenvalue weighted by molar-refractivity contribution is 0.297. The number of halogens is 1. The topological polar surface area (TPSA) is 33.7 Å². The van der Waals surface area contributed by atoms with Gasteiger partial charge in [-0.05, 0) is 51.3 Å². The minimum absolute atomic E-state index is 0.634. The van der Waals surface area contributed by atoms with Crippen molar-refractivity contribution in [1.82, 2.24) is 10.2 Å². The van der Waals surface area contributed by atoms with E-state index in [-0.39, 0.29) is 0 Å². The third-order valence-electron chi connectivity index (χ3n) is 3.15. The highest BCUT2D eigenvalue weighted by Crippen LogP contribution is 2.37. The fourth-order valence-corrected chi connectivity index (χ4v) is 2.43. The van der Waals surface area contributed by atoms with Crippen molar-refractivity contribution < 1.29 is 9.47 Å². The molecular weight excluding hydrogens is 276 g/mol. The number of benzene rings is 1. The van der Waals surface area contributed by atoms with Crippen LogP contribution in [0.5, 0.6) is 11.5 Å². The molecule has 0 bridgehead atoms. The molecule has 0 aromatic heterocycles. The molecule has 0 saturated heterocycles. The number of nitrogens with zero attached hydrogens (tertiary/aromatic N) is 1. The third kappa shape index (κ3) is 4.54. The van der Waals surface area contributed by atoms with E-state index in [4.69, 9.17) is 21.1 Å². The van der Waals surface area contributed by atoms with Gasteiger partial charge in [0.2, 0.25) is 0 Å². The molecule has 1 aliphatic heterocycles. The first kappa shape index (κ1) is 15.4. The van der Waals surface area contributed by atoms with Crippen LogP contribution in [0.2, 0.25) is 5.02 Å². The van der Waals surface area contributed by atoms with E-state index in [1.54, 1.807) is 0 Å². The Kier molecular flexibility index (Phi) is 5.95. The lowest BCUT2D eigenvalue weighted by atomic mass is 10.2. The summed E-state index contributed by atoms with van der Waals surface area (Å²) in [5, 5.41) is 4.06. The Morgan fingerprint density at radius 3 is 2.85 bits per heavy atom. The van der Waals surface area contributed by atoms with E-state index in [0.717, 1.165) is 43.8 Å². The van der Waals surface area contributed by atoms with Crippen LogP contribution in [0.15, 0.2) is 12.1 Å². The van der Waals surface area contributed by atoms with Gasteiger partial charge in [0.25, 0.3) is 0 Å². The van der Waals surface area contributed by atoms with Crippen LogP contribution in [0.4, 0.5) is 0 Å². The summed E-state index contributed by atoms with van der Waals surface area (Å²) in [7, 11) is 4.17. The van der Waals surface area contributed by atoms with Crippen molar-refractivity contribution in [2.24, 2.45) is 0 Å². The maximum Gasteiger partial charge on any atom is 0.179 e. The van der Waals surface area contributed by atoms with Crippen LogP contribution in [0.1, 0.15) is 18.4 Å². The second-order valence-corrected chi connectivity index (χ2v) is 5.70. The molecule has 5 heteroatoms. The summed E-state index contributed by atoms with van der Waals surface area (Å²) in [6, 6.07) is 3.97. The summed E-state index contributed by atoms with van der Waals surface area (Å²) in [6.45, 7) is 4.22. The predicted octanol–water partition coefficient (Wildman–Crippen LogP) is 2.54. The van der Waals surface area contributed by atoms with Gasteiger partial charge in [0.1, 0.15) is 0 Å². The molecule has 0 saturated carbocycles. The van der Waals surface area contributed by atoms with Crippen LogP contribution in [0.25, 0.3) is 0 Å². The van der Waals surface area contributed by atoms with Crippen molar-refractivity contribution in [3.63, 3.8) is 0 Å². The number of hydrogen-bond donors (Lipinski definition) is 1. The van der Waals surface area contributed by atoms with Gasteiger partial charge >= 0.3 is 0 Å². The van der Waals surface area contributed by atoms with Gasteiger partial charge in [0.15, 0.2) is 11.5 Å². The van der Waals surface area contributed by atoms with Crippen molar-refractivity contribution in [3.05, 3.63) is 22.7 Å². The smallest absolute Gasteiger partial charge is 0.179 e. The summed E-state index contributed by atoms with van der Waals surface area (Å²) in [5.41, 5.74) is 1.13. The van der Waals surface area contributed by atoms with Crippen LogP contribution < -0.4 is 14.8 Å². The fraction of sp³-hybridized carbons (Fsp3) is 0.600. The summed E-state index contributed by atoms with van der Waals surface area (Å²) in [5.74, 6) is 1.45. The fourth-order valence-electron chi connectivity index (χ4n) is 2.14. The number of nitrogens with one attached hydrogen (secondary N) is 1. The molecule has 0 aliphatic carbocycles. The Bertz CT molecular complexity index is 438. The molecule has 112 valence electrons. The molecule has 4 nitrogen and oxygen atoms in total. The Hall–Kier alpha value is -0.970. The average Bonchev–Trinajstić information content (AvgIpc) is 2.63. The Morgan fingerprint density at radius 2 is 2.05 bits per heavy atom. The van der Waals surface area contributed by atoms with E-state index >= 15 is 0 Å². The highest BCUT2D eigenvalue weighted by molar-refractivity contribution is 6.32. The van der Waals surface area contributed by atoms with Gasteiger partial charge in [-0.2, -0.15) is 0 Å². The third-order valence-corrected chi connectivity index (χ3v) is 3.43. The standard InChI is InChI=1S/C15H23ClN2O2/c1-18(2)6-3-5-17-11-12-9-13(16)15-14(10-12)19-7-4-8-20-15/h9-10,17H,3-8,11H2,1-2H3. The zero-order chi connectivity index (χ0) is 14.4. The van der Waals surface area contributed by atoms with Crippen molar-refractivity contribution in [3.8, 4) is 11.5 Å². The van der Waals surface area contributed by atoms with Crippen LogP contribution in [-0.2, 0) is 6.54 Å². The van der Waals surface area contributed by atoms with E-state index < -0.39 is 0 Å². The van der Waals surface area contributed by atoms with Gasteiger partial charge in [0, 0.05) is 13.0 Å². The summed E-state index contributed by atoms with van der Waals surface area (Å²) in [4.78, 5) is 2.19. The lowest BCUT2D eigenvalue weighted by Crippen LogP contribution is -2.21. The van der Waals surface area contributed by atoms with Crippen molar-refractivity contribution >= 4 is 11.6 Å². The average molecular weight is 299 g/mol. The molecule has 0 radical (unpaired) electrons. The second kappa shape index (κ2) is 7.72. The van der Waals surface area contributed by atoms with E-state index in [1.807, 2.05) is 12.1 Å². The summed E-state index contributed by atoms with van der Waals surface area (Å²) < 4.78 is 11.3. The molecule has 0 amide bonds. The summed E-state index contributed by atoms with van der Waals surface area (Å²) in [6.07, 6.45) is 2.02. The molecule has 1 aliphatic rings. The molecular formula is C15H23ClN2O2. The first-order chi connectivity index (χ1) is 9.66. The Balaban J connectivity index is 1.89. The molecule has 2 rings (SSSR count). The van der Waals surface area contributed by atoms with Gasteiger partial charge in [0.05, 0.1) is 18.2 Å². The van der Waals surface area contributed by atoms with Gasteiger partial charge in [-0.3, -0.25) is 0 Å². The quantitative estimate of drug-likeness (QED) is 0.819. The van der Waals surface area contributed by atoms with Gasteiger partial charge in [-0.25, -0.2) is 0 Å². The van der Waals surface area contributed by atoms with Crippen LogP contribution in [-0.4, -0.2) is 45.3 Å². The molecule has 0 spiro atoms. The summed E-state index contributed by atoms with van der Waals surface area (Å²) >= 11 is 6.26. The van der Waals surface area contributed by atoms with Crippen molar-refractivity contribution in [2.75, 3.05) is 40.4 Å². The van der Waals surface area contributed by atoms with E-state index in [2.05, 4.69) is 24.3 Å². The Labute approximate surface area is 126 Å². The van der Waals surface area contributed by atoms with Gasteiger partial charge in [-0.1, -0.05) is 11.6 Å². The zero-order valence-corrected chi connectivity index (χ0v) is 13.0. The molecule has 20 heavy (non-hydrogen) atoms. The van der Waals surface area contributed by atoms with E-state index in [0.29, 0.717) is 24.0 Å². The van der Waals surface area contributed by atoms with Crippen LogP contribution >= 0.6 is 11.6 Å². The molecule has 0 fully saturated rings. The largest absolute Gasteiger partial charge is 0.489 e. The van der Waals surface area contributed by atoms with E-state index in [9.17, 15) is 0 Å². The highest BCUT2D eigenvalue weighted by Gasteiger charge is 2.15. The normalized spacial score (nSPS) is 14.4. The van der Waals surface area contributed by atoms with E-state index in [1.165, 1.54) is 0 Å². The molecule has 0 atom stereocenters. The maximum atomic E-state index is 6.26. The lowest BCUT2D eigenvalue weighted by Gasteiger charge is -2.13. The van der Waals surface area contributed by atoms with Crippen LogP contribution in [0.3, 0.4) is 0 Å². The first-order valence-electron chi connectivity index (χ1n) is 7.10. The van der Waals surface area contributed by atoms with Crippen molar-refractivity contribution in [1.29, 1.82) is 0 Å². The maximum absolute atomic E-state index is 6.26. The molecule has 1 N–H and O–H groups in total.